The second-order valence-electron chi connectivity index (χ2n) is 4.53. The van der Waals surface area contributed by atoms with Gasteiger partial charge in [-0.1, -0.05) is 30.3 Å². The highest BCUT2D eigenvalue weighted by Gasteiger charge is 2.26. The number of amides is 1. The lowest BCUT2D eigenvalue weighted by molar-refractivity contribution is -0.394. The second kappa shape index (κ2) is 6.00. The molecule has 8 nitrogen and oxygen atoms in total. The van der Waals surface area contributed by atoms with Gasteiger partial charge < -0.3 is 5.73 Å². The first-order chi connectivity index (χ1) is 10.4. The fourth-order valence-corrected chi connectivity index (χ4v) is 2.12. The lowest BCUT2D eigenvalue weighted by atomic mass is 9.97. The molecule has 2 aromatic rings. The number of carbonyl (C=O) groups is 1. The minimum Gasteiger partial charge on any atom is -0.366 e. The minimum atomic E-state index is -0.947. The Morgan fingerprint density at radius 3 is 2.18 bits per heavy atom. The number of carbonyl (C=O) groups excluding carboxylic acids is 1. The van der Waals surface area contributed by atoms with E-state index in [-0.39, 0.29) is 17.5 Å². The molecule has 0 aliphatic carbocycles. The van der Waals surface area contributed by atoms with Crippen molar-refractivity contribution in [2.75, 3.05) is 0 Å². The molecule has 0 saturated carbocycles. The fourth-order valence-electron chi connectivity index (χ4n) is 2.12. The van der Waals surface area contributed by atoms with E-state index in [2.05, 4.69) is 0 Å². The van der Waals surface area contributed by atoms with Gasteiger partial charge in [0.15, 0.2) is 0 Å². The Bertz CT molecular complexity index is 723. The number of benzene rings is 2. The monoisotopic (exact) mass is 301 g/mol. The molecular weight excluding hydrogens is 290 g/mol. The Morgan fingerprint density at radius 1 is 1.05 bits per heavy atom. The molecule has 0 atom stereocenters. The van der Waals surface area contributed by atoms with Crippen LogP contribution in [0.5, 0.6) is 0 Å². The van der Waals surface area contributed by atoms with Crippen LogP contribution < -0.4 is 5.73 Å². The number of nitrogens with zero attached hydrogens (tertiary/aromatic N) is 2. The van der Waals surface area contributed by atoms with Gasteiger partial charge in [0.05, 0.1) is 21.5 Å². The van der Waals surface area contributed by atoms with Crippen molar-refractivity contribution in [1.82, 2.24) is 0 Å². The number of primary amides is 1. The van der Waals surface area contributed by atoms with E-state index in [0.29, 0.717) is 0 Å². The molecule has 0 aromatic heterocycles. The Balaban J connectivity index is 2.66. The summed E-state index contributed by atoms with van der Waals surface area (Å²) in [7, 11) is 0. The highest BCUT2D eigenvalue weighted by molar-refractivity contribution is 5.96. The first-order valence-corrected chi connectivity index (χ1v) is 6.19. The Hall–Kier alpha value is -3.29. The molecular formula is C14H11N3O5. The van der Waals surface area contributed by atoms with Crippen LogP contribution >= 0.6 is 0 Å². The summed E-state index contributed by atoms with van der Waals surface area (Å²) in [5.74, 6) is -0.947. The van der Waals surface area contributed by atoms with Crippen molar-refractivity contribution in [3.05, 3.63) is 79.4 Å². The molecule has 2 aromatic carbocycles. The molecule has 0 aliphatic heterocycles. The van der Waals surface area contributed by atoms with E-state index >= 15 is 0 Å². The normalized spacial score (nSPS) is 10.2. The summed E-state index contributed by atoms with van der Waals surface area (Å²) in [6.45, 7) is 0. The largest absolute Gasteiger partial charge is 0.366 e. The van der Waals surface area contributed by atoms with Crippen LogP contribution in [0, 0.1) is 20.2 Å². The molecule has 112 valence electrons. The van der Waals surface area contributed by atoms with Gasteiger partial charge >= 0.3 is 0 Å². The molecule has 8 heteroatoms. The maximum absolute atomic E-state index is 11.5. The van der Waals surface area contributed by atoms with Gasteiger partial charge in [0.1, 0.15) is 0 Å². The number of rotatable bonds is 5. The second-order valence-corrected chi connectivity index (χ2v) is 4.53. The Morgan fingerprint density at radius 2 is 1.68 bits per heavy atom. The predicted octanol–water partition coefficient (Wildman–Crippen LogP) is 2.19. The zero-order valence-electron chi connectivity index (χ0n) is 11.3. The first kappa shape index (κ1) is 15.1. The third kappa shape index (κ3) is 3.06. The molecule has 1 amide bonds. The summed E-state index contributed by atoms with van der Waals surface area (Å²) in [4.78, 5) is 32.0. The van der Waals surface area contributed by atoms with Crippen LogP contribution in [0.1, 0.15) is 21.5 Å². The third-order valence-corrected chi connectivity index (χ3v) is 3.11. The lowest BCUT2D eigenvalue weighted by Gasteiger charge is -2.08. The highest BCUT2D eigenvalue weighted by atomic mass is 16.6. The van der Waals surface area contributed by atoms with Gasteiger partial charge in [-0.2, -0.15) is 0 Å². The van der Waals surface area contributed by atoms with Crippen molar-refractivity contribution >= 4 is 17.3 Å². The van der Waals surface area contributed by atoms with Crippen molar-refractivity contribution in [3.63, 3.8) is 0 Å². The summed E-state index contributed by atoms with van der Waals surface area (Å²) >= 11 is 0. The molecule has 0 heterocycles. The summed E-state index contributed by atoms with van der Waals surface area (Å²) in [6.07, 6.45) is 0.0768. The van der Waals surface area contributed by atoms with E-state index in [1.807, 2.05) is 0 Å². The first-order valence-electron chi connectivity index (χ1n) is 6.19. The zero-order valence-corrected chi connectivity index (χ0v) is 11.3. The number of nitro benzene ring substituents is 2. The van der Waals surface area contributed by atoms with Crippen molar-refractivity contribution < 1.29 is 14.6 Å². The van der Waals surface area contributed by atoms with E-state index in [1.165, 1.54) is 0 Å². The van der Waals surface area contributed by atoms with Gasteiger partial charge in [0.2, 0.25) is 5.91 Å². The minimum absolute atomic E-state index is 0.0642. The quantitative estimate of drug-likeness (QED) is 0.668. The number of non-ortho nitro benzene ring substituents is 1. The summed E-state index contributed by atoms with van der Waals surface area (Å²) in [6, 6.07) is 10.5. The fraction of sp³-hybridized carbons (Fsp3) is 0.0714. The molecule has 2 N–H and O–H groups in total. The number of hydrogen-bond donors (Lipinski definition) is 1. The van der Waals surface area contributed by atoms with Crippen LogP contribution in [0.15, 0.2) is 42.5 Å². The number of hydrogen-bond acceptors (Lipinski definition) is 5. The van der Waals surface area contributed by atoms with Gasteiger partial charge in [0, 0.05) is 18.1 Å². The average Bonchev–Trinajstić information content (AvgIpc) is 2.47. The van der Waals surface area contributed by atoms with Gasteiger partial charge in [-0.3, -0.25) is 25.0 Å². The maximum atomic E-state index is 11.5. The molecule has 0 fully saturated rings. The predicted molar refractivity (Wildman–Crippen MR) is 77.5 cm³/mol. The van der Waals surface area contributed by atoms with Crippen LogP contribution in [0.4, 0.5) is 11.4 Å². The van der Waals surface area contributed by atoms with Crippen LogP contribution in [0.2, 0.25) is 0 Å². The maximum Gasteiger partial charge on any atom is 0.280 e. The van der Waals surface area contributed by atoms with E-state index < -0.39 is 27.1 Å². The molecule has 2 rings (SSSR count). The zero-order chi connectivity index (χ0) is 16.3. The standard InChI is InChI=1S/C14H11N3O5/c15-14(18)12-7-10(16(19)20)8-13(17(21)22)11(12)6-9-4-2-1-3-5-9/h1-5,7-8H,6H2,(H2,15,18). The summed E-state index contributed by atoms with van der Waals surface area (Å²) in [5.41, 5.74) is 4.75. The molecule has 0 radical (unpaired) electrons. The number of nitrogens with two attached hydrogens (primary N) is 1. The van der Waals surface area contributed by atoms with Crippen LogP contribution in [-0.4, -0.2) is 15.8 Å². The van der Waals surface area contributed by atoms with Crippen molar-refractivity contribution in [3.8, 4) is 0 Å². The average molecular weight is 301 g/mol. The molecule has 0 unspecified atom stereocenters. The van der Waals surface area contributed by atoms with Crippen molar-refractivity contribution in [1.29, 1.82) is 0 Å². The molecule has 0 aliphatic rings. The lowest BCUT2D eigenvalue weighted by Crippen LogP contribution is -2.16. The number of nitro groups is 2. The van der Waals surface area contributed by atoms with Crippen molar-refractivity contribution in [2.45, 2.75) is 6.42 Å². The highest BCUT2D eigenvalue weighted by Crippen LogP contribution is 2.30. The van der Waals surface area contributed by atoms with Gasteiger partial charge in [-0.05, 0) is 5.56 Å². The van der Waals surface area contributed by atoms with Gasteiger partial charge in [-0.25, -0.2) is 0 Å². The van der Waals surface area contributed by atoms with E-state index in [1.54, 1.807) is 30.3 Å². The van der Waals surface area contributed by atoms with Gasteiger partial charge in [0.25, 0.3) is 11.4 Å². The smallest absolute Gasteiger partial charge is 0.280 e. The molecule has 0 spiro atoms. The SMILES string of the molecule is NC(=O)c1cc([N+](=O)[O-])cc([N+](=O)[O-])c1Cc1ccccc1. The van der Waals surface area contributed by atoms with E-state index in [9.17, 15) is 25.0 Å². The van der Waals surface area contributed by atoms with Crippen LogP contribution in [0.25, 0.3) is 0 Å². The summed E-state index contributed by atoms with van der Waals surface area (Å²) in [5, 5.41) is 22.0. The van der Waals surface area contributed by atoms with Gasteiger partial charge in [-0.15, -0.1) is 0 Å². The Kier molecular flexibility index (Phi) is 4.12. The van der Waals surface area contributed by atoms with Crippen LogP contribution in [-0.2, 0) is 6.42 Å². The van der Waals surface area contributed by atoms with E-state index in [0.717, 1.165) is 17.7 Å². The third-order valence-electron chi connectivity index (χ3n) is 3.11. The van der Waals surface area contributed by atoms with Crippen molar-refractivity contribution in [2.24, 2.45) is 5.73 Å². The summed E-state index contributed by atoms with van der Waals surface area (Å²) < 4.78 is 0. The molecule has 0 bridgehead atoms. The molecule has 0 saturated heterocycles. The Labute approximate surface area is 124 Å². The van der Waals surface area contributed by atoms with E-state index in [4.69, 9.17) is 5.73 Å². The topological polar surface area (TPSA) is 129 Å². The molecule has 22 heavy (non-hydrogen) atoms. The van der Waals surface area contributed by atoms with Crippen LogP contribution in [0.3, 0.4) is 0 Å².